The van der Waals surface area contributed by atoms with Gasteiger partial charge in [0.25, 0.3) is 0 Å². The van der Waals surface area contributed by atoms with Gasteiger partial charge in [0, 0.05) is 0 Å². The number of para-hydroxylation sites is 1. The first kappa shape index (κ1) is 26.7. The number of hydroxylamine groups is 1. The number of rotatable bonds is 18. The number of hydrogen-bond donors (Lipinski definition) is 2. The fraction of sp³-hybridized carbons (Fsp3) is 0.536. The van der Waals surface area contributed by atoms with Gasteiger partial charge in [0.1, 0.15) is 5.75 Å². The molecule has 0 aliphatic rings. The predicted molar refractivity (Wildman–Crippen MR) is 135 cm³/mol. The molecule has 5 nitrogen and oxygen atoms in total. The second kappa shape index (κ2) is 16.1. The topological polar surface area (TPSA) is 70.0 Å². The summed E-state index contributed by atoms with van der Waals surface area (Å²) < 4.78 is 0. The van der Waals surface area contributed by atoms with Gasteiger partial charge in [-0.05, 0) is 42.3 Å². The van der Waals surface area contributed by atoms with Gasteiger partial charge in [-0.25, -0.2) is 9.86 Å². The van der Waals surface area contributed by atoms with Crippen LogP contribution in [0.15, 0.2) is 48.5 Å². The lowest BCUT2D eigenvalue weighted by molar-refractivity contribution is 0.0695. The van der Waals surface area contributed by atoms with Crippen molar-refractivity contribution < 1.29 is 19.8 Å². The number of nitrogens with zero attached hydrogens (tertiary/aromatic N) is 1. The van der Waals surface area contributed by atoms with Gasteiger partial charge in [-0.2, -0.15) is 0 Å². The molecule has 0 fully saturated rings. The Kier molecular flexibility index (Phi) is 13.1. The van der Waals surface area contributed by atoms with Crippen molar-refractivity contribution in [1.29, 1.82) is 0 Å². The van der Waals surface area contributed by atoms with Crippen LogP contribution in [0.25, 0.3) is 0 Å². The first-order valence-electron chi connectivity index (χ1n) is 12.6. The van der Waals surface area contributed by atoms with Crippen molar-refractivity contribution in [3.05, 3.63) is 59.7 Å². The third kappa shape index (κ3) is 11.2. The Bertz CT molecular complexity index is 794. The molecule has 0 atom stereocenters. The van der Waals surface area contributed by atoms with Gasteiger partial charge >= 0.3 is 5.97 Å². The summed E-state index contributed by atoms with van der Waals surface area (Å²) in [6.07, 6.45) is 15.6. The maximum atomic E-state index is 11.3. The van der Waals surface area contributed by atoms with E-state index in [0.717, 1.165) is 18.5 Å². The largest absolute Gasteiger partial charge is 0.508 e. The first-order chi connectivity index (χ1) is 16.1. The summed E-state index contributed by atoms with van der Waals surface area (Å²) in [5.74, 6) is -1.12. The molecule has 2 aromatic rings. The monoisotopic (exact) mass is 455 g/mol. The Morgan fingerprint density at radius 3 is 1.97 bits per heavy atom. The van der Waals surface area contributed by atoms with Crippen LogP contribution in [0.2, 0.25) is 0 Å². The second-order valence-corrected chi connectivity index (χ2v) is 8.79. The number of phenolic OH excluding ortho intramolecular Hbond substituents is 1. The lowest BCUT2D eigenvalue weighted by Crippen LogP contribution is -2.24. The zero-order valence-corrected chi connectivity index (χ0v) is 20.2. The Morgan fingerprint density at radius 2 is 1.39 bits per heavy atom. The summed E-state index contributed by atoms with van der Waals surface area (Å²) >= 11 is 0. The highest BCUT2D eigenvalue weighted by molar-refractivity contribution is 5.88. The second-order valence-electron chi connectivity index (χ2n) is 8.79. The van der Waals surface area contributed by atoms with Gasteiger partial charge in [0.15, 0.2) is 0 Å². The van der Waals surface area contributed by atoms with Crippen LogP contribution in [0.5, 0.6) is 5.75 Å². The Hall–Kier alpha value is -2.53. The molecular weight excluding hydrogens is 414 g/mol. The minimum Gasteiger partial charge on any atom is -0.508 e. The Balaban J connectivity index is 1.71. The highest BCUT2D eigenvalue weighted by atomic mass is 16.7. The van der Waals surface area contributed by atoms with E-state index in [2.05, 4.69) is 6.92 Å². The van der Waals surface area contributed by atoms with E-state index in [9.17, 15) is 15.0 Å². The minimum atomic E-state index is -1.06. The molecule has 0 bridgehead atoms. The highest BCUT2D eigenvalue weighted by Crippen LogP contribution is 2.22. The molecule has 0 spiro atoms. The summed E-state index contributed by atoms with van der Waals surface area (Å²) in [6.45, 7) is 3.23. The summed E-state index contributed by atoms with van der Waals surface area (Å²) in [5.41, 5.74) is 1.65. The van der Waals surface area contributed by atoms with Crippen molar-refractivity contribution in [2.75, 3.05) is 11.7 Å². The fourth-order valence-corrected chi connectivity index (χ4v) is 3.98. The van der Waals surface area contributed by atoms with Crippen LogP contribution < -0.4 is 5.06 Å². The molecule has 182 valence electrons. The number of hydrogen-bond acceptors (Lipinski definition) is 4. The molecule has 0 aliphatic heterocycles. The molecule has 33 heavy (non-hydrogen) atoms. The number of carbonyl (C=O) groups is 1. The van der Waals surface area contributed by atoms with Crippen molar-refractivity contribution in [2.24, 2.45) is 0 Å². The molecule has 0 heterocycles. The molecule has 0 aliphatic carbocycles. The maximum absolute atomic E-state index is 11.3. The summed E-state index contributed by atoms with van der Waals surface area (Å²) in [5, 5.41) is 20.9. The predicted octanol–water partition coefficient (Wildman–Crippen LogP) is 7.73. The molecule has 0 saturated heterocycles. The van der Waals surface area contributed by atoms with Crippen LogP contribution >= 0.6 is 0 Å². The summed E-state index contributed by atoms with van der Waals surface area (Å²) in [6, 6.07) is 14.2. The number of aromatic carboxylic acids is 1. The lowest BCUT2D eigenvalue weighted by atomic mass is 10.1. The smallest absolute Gasteiger partial charge is 0.335 e. The van der Waals surface area contributed by atoms with Gasteiger partial charge < -0.3 is 10.2 Å². The third-order valence-electron chi connectivity index (χ3n) is 5.84. The fourth-order valence-electron chi connectivity index (χ4n) is 3.98. The zero-order chi connectivity index (χ0) is 23.7. The van der Waals surface area contributed by atoms with Crippen molar-refractivity contribution in [2.45, 2.75) is 90.5 Å². The van der Waals surface area contributed by atoms with Crippen LogP contribution in [0.1, 0.15) is 99.9 Å². The van der Waals surface area contributed by atoms with Crippen molar-refractivity contribution >= 4 is 11.7 Å². The van der Waals surface area contributed by atoms with Crippen molar-refractivity contribution in [3.8, 4) is 5.75 Å². The molecular formula is C28H41NO4. The number of carboxylic acid groups (broad SMARTS) is 1. The van der Waals surface area contributed by atoms with Crippen molar-refractivity contribution in [1.82, 2.24) is 0 Å². The zero-order valence-electron chi connectivity index (χ0n) is 20.2. The molecule has 2 rings (SSSR count). The number of benzene rings is 2. The third-order valence-corrected chi connectivity index (χ3v) is 5.84. The van der Waals surface area contributed by atoms with Crippen LogP contribution in [0, 0.1) is 0 Å². The number of aromatic hydroxyl groups is 1. The molecule has 2 aromatic carbocycles. The van der Waals surface area contributed by atoms with E-state index in [1.165, 1.54) is 70.3 Å². The van der Waals surface area contributed by atoms with Gasteiger partial charge in [-0.3, -0.25) is 4.84 Å². The average molecular weight is 456 g/mol. The van der Waals surface area contributed by atoms with E-state index in [4.69, 9.17) is 4.84 Å². The molecule has 2 N–H and O–H groups in total. The molecule has 0 radical (unpaired) electrons. The molecule has 0 unspecified atom stereocenters. The average Bonchev–Trinajstić information content (AvgIpc) is 2.81. The molecule has 0 saturated carbocycles. The van der Waals surface area contributed by atoms with Gasteiger partial charge in [-0.15, -0.1) is 0 Å². The Morgan fingerprint density at radius 1 is 0.818 bits per heavy atom. The van der Waals surface area contributed by atoms with Gasteiger partial charge in [0.2, 0.25) is 0 Å². The maximum Gasteiger partial charge on any atom is 0.335 e. The van der Waals surface area contributed by atoms with Crippen LogP contribution in [-0.4, -0.2) is 22.8 Å². The standard InChI is InChI=1S/C28H41NO4/c1-2-3-4-5-6-7-8-9-10-11-12-16-19-33-29(26-17-14-13-15-18-26)23-24-20-25(28(31)32)22-27(30)21-24/h13-15,17-18,20-22,30H,2-12,16,19,23H2,1H3,(H,31,32). The number of phenols is 1. The summed E-state index contributed by atoms with van der Waals surface area (Å²) in [7, 11) is 0. The van der Waals surface area contributed by atoms with E-state index in [0.29, 0.717) is 18.7 Å². The number of carboxylic acids is 1. The highest BCUT2D eigenvalue weighted by Gasteiger charge is 2.12. The van der Waals surface area contributed by atoms with Crippen LogP contribution in [0.3, 0.4) is 0 Å². The van der Waals surface area contributed by atoms with Gasteiger partial charge in [-0.1, -0.05) is 95.8 Å². The normalized spacial score (nSPS) is 10.9. The SMILES string of the molecule is CCCCCCCCCCCCCCON(Cc1cc(O)cc(C(=O)O)c1)c1ccccc1. The quantitative estimate of drug-likeness (QED) is 0.178. The molecule has 0 aromatic heterocycles. The molecule has 0 amide bonds. The van der Waals surface area contributed by atoms with E-state index < -0.39 is 5.97 Å². The van der Waals surface area contributed by atoms with Crippen molar-refractivity contribution in [3.63, 3.8) is 0 Å². The first-order valence-corrected chi connectivity index (χ1v) is 12.6. The van der Waals surface area contributed by atoms with E-state index in [1.807, 2.05) is 30.3 Å². The Labute approximate surface area is 199 Å². The van der Waals surface area contributed by atoms with E-state index in [1.54, 1.807) is 17.2 Å². The lowest BCUT2D eigenvalue weighted by Gasteiger charge is -2.24. The number of anilines is 1. The molecule has 5 heteroatoms. The van der Waals surface area contributed by atoms with E-state index >= 15 is 0 Å². The van der Waals surface area contributed by atoms with Gasteiger partial charge in [0.05, 0.1) is 24.4 Å². The van der Waals surface area contributed by atoms with Crippen LogP contribution in [0.4, 0.5) is 5.69 Å². The van der Waals surface area contributed by atoms with E-state index in [-0.39, 0.29) is 11.3 Å². The minimum absolute atomic E-state index is 0.0566. The number of unbranched alkanes of at least 4 members (excludes halogenated alkanes) is 11. The summed E-state index contributed by atoms with van der Waals surface area (Å²) in [4.78, 5) is 17.4. The van der Waals surface area contributed by atoms with Crippen LogP contribution in [-0.2, 0) is 11.4 Å².